The summed E-state index contributed by atoms with van der Waals surface area (Å²) in [5.74, 6) is -1.75. The average molecular weight is 224 g/mol. The number of rotatable bonds is 4. The number of hydrogen-bond acceptors (Lipinski definition) is 2. The van der Waals surface area contributed by atoms with Gasteiger partial charge in [0.05, 0.1) is 17.2 Å². The maximum Gasteiger partial charge on any atom is 0.181 e. The van der Waals surface area contributed by atoms with Crippen molar-refractivity contribution in [3.8, 4) is 6.07 Å². The molecule has 0 heterocycles. The molecule has 0 aliphatic heterocycles. The number of nitrogens with one attached hydrogen (secondary N) is 1. The topological polar surface area (TPSA) is 35.8 Å². The summed E-state index contributed by atoms with van der Waals surface area (Å²) in [7, 11) is 0. The fraction of sp³-hybridized carbons (Fsp3) is 0.417. The van der Waals surface area contributed by atoms with Crippen LogP contribution in [0.25, 0.3) is 0 Å². The molecule has 1 N–H and O–H groups in total. The van der Waals surface area contributed by atoms with Crippen LogP contribution < -0.4 is 5.32 Å². The molecule has 1 aromatic rings. The second kappa shape index (κ2) is 4.93. The summed E-state index contributed by atoms with van der Waals surface area (Å²) in [6.45, 7) is 4.04. The zero-order valence-corrected chi connectivity index (χ0v) is 9.35. The van der Waals surface area contributed by atoms with Gasteiger partial charge in [-0.1, -0.05) is 6.07 Å². The first-order valence-corrected chi connectivity index (χ1v) is 5.05. The maximum absolute atomic E-state index is 13.2. The van der Waals surface area contributed by atoms with E-state index in [1.54, 1.807) is 13.8 Å². The largest absolute Gasteiger partial charge is 0.383 e. The van der Waals surface area contributed by atoms with Gasteiger partial charge in [-0.3, -0.25) is 0 Å². The Labute approximate surface area is 93.9 Å². The van der Waals surface area contributed by atoms with Crippen molar-refractivity contribution < 1.29 is 8.78 Å². The molecule has 0 aliphatic rings. The highest BCUT2D eigenvalue weighted by Crippen LogP contribution is 2.20. The minimum atomic E-state index is -0.878. The molecule has 4 heteroatoms. The quantitative estimate of drug-likeness (QED) is 0.851. The van der Waals surface area contributed by atoms with Gasteiger partial charge in [-0.15, -0.1) is 0 Å². The zero-order valence-electron chi connectivity index (χ0n) is 9.35. The lowest BCUT2D eigenvalue weighted by molar-refractivity contribution is 0.464. The molecular formula is C12H14F2N2. The summed E-state index contributed by atoms with van der Waals surface area (Å²) in [5.41, 5.74) is -0.328. The monoisotopic (exact) mass is 224 g/mol. The first-order valence-electron chi connectivity index (χ1n) is 5.05. The van der Waals surface area contributed by atoms with Crippen molar-refractivity contribution in [2.75, 3.05) is 11.9 Å². The van der Waals surface area contributed by atoms with Crippen LogP contribution in [0.15, 0.2) is 18.2 Å². The van der Waals surface area contributed by atoms with E-state index in [1.807, 2.05) is 0 Å². The van der Waals surface area contributed by atoms with Crippen LogP contribution in [0.2, 0.25) is 0 Å². The molecule has 0 spiro atoms. The summed E-state index contributed by atoms with van der Waals surface area (Å²) < 4.78 is 26.0. The Bertz CT molecular complexity index is 408. The Morgan fingerprint density at radius 1 is 1.38 bits per heavy atom. The third kappa shape index (κ3) is 3.20. The van der Waals surface area contributed by atoms with Crippen molar-refractivity contribution >= 4 is 5.69 Å². The molecule has 1 aromatic carbocycles. The molecule has 1 rings (SSSR count). The molecule has 0 radical (unpaired) electrons. The van der Waals surface area contributed by atoms with Gasteiger partial charge in [0.25, 0.3) is 0 Å². The highest BCUT2D eigenvalue weighted by molar-refractivity contribution is 5.44. The zero-order chi connectivity index (χ0) is 12.2. The van der Waals surface area contributed by atoms with Gasteiger partial charge in [0.1, 0.15) is 0 Å². The standard InChI is InChI=1S/C12H14F2N2/c1-12(2,8-15)6-7-16-10-5-3-4-9(13)11(10)14/h3-5,16H,6-7H2,1-2H3. The van der Waals surface area contributed by atoms with E-state index in [-0.39, 0.29) is 5.69 Å². The van der Waals surface area contributed by atoms with E-state index >= 15 is 0 Å². The van der Waals surface area contributed by atoms with Crippen LogP contribution in [0.5, 0.6) is 0 Å². The molecular weight excluding hydrogens is 210 g/mol. The maximum atomic E-state index is 13.2. The third-order valence-corrected chi connectivity index (χ3v) is 2.32. The normalized spacial score (nSPS) is 10.9. The Morgan fingerprint density at radius 3 is 2.69 bits per heavy atom. The Kier molecular flexibility index (Phi) is 3.83. The fourth-order valence-electron chi connectivity index (χ4n) is 1.21. The summed E-state index contributed by atoms with van der Waals surface area (Å²) in [6.07, 6.45) is 0.569. The molecule has 0 aromatic heterocycles. The third-order valence-electron chi connectivity index (χ3n) is 2.32. The van der Waals surface area contributed by atoms with Gasteiger partial charge in [0.15, 0.2) is 11.6 Å². The molecule has 0 saturated carbocycles. The molecule has 16 heavy (non-hydrogen) atoms. The van der Waals surface area contributed by atoms with Gasteiger partial charge >= 0.3 is 0 Å². The number of nitrogens with zero attached hydrogens (tertiary/aromatic N) is 1. The van der Waals surface area contributed by atoms with Crippen LogP contribution in [0, 0.1) is 28.4 Å². The summed E-state index contributed by atoms with van der Waals surface area (Å²) in [4.78, 5) is 0. The molecule has 0 bridgehead atoms. The predicted molar refractivity (Wildman–Crippen MR) is 58.9 cm³/mol. The van der Waals surface area contributed by atoms with Crippen molar-refractivity contribution in [2.24, 2.45) is 5.41 Å². The van der Waals surface area contributed by atoms with Crippen molar-refractivity contribution in [2.45, 2.75) is 20.3 Å². The van der Waals surface area contributed by atoms with Gasteiger partial charge in [0, 0.05) is 6.54 Å². The highest BCUT2D eigenvalue weighted by Gasteiger charge is 2.16. The lowest BCUT2D eigenvalue weighted by atomic mass is 9.91. The minimum Gasteiger partial charge on any atom is -0.383 e. The lowest BCUT2D eigenvalue weighted by Crippen LogP contribution is -2.15. The number of hydrogen-bond donors (Lipinski definition) is 1. The van der Waals surface area contributed by atoms with Gasteiger partial charge in [-0.05, 0) is 32.4 Å². The molecule has 0 saturated heterocycles. The van der Waals surface area contributed by atoms with Crippen molar-refractivity contribution in [1.82, 2.24) is 0 Å². The van der Waals surface area contributed by atoms with E-state index in [4.69, 9.17) is 5.26 Å². The summed E-state index contributed by atoms with van der Waals surface area (Å²) >= 11 is 0. The number of nitriles is 1. The van der Waals surface area contributed by atoms with Gasteiger partial charge in [-0.2, -0.15) is 5.26 Å². The van der Waals surface area contributed by atoms with Crippen LogP contribution in [0.3, 0.4) is 0 Å². The summed E-state index contributed by atoms with van der Waals surface area (Å²) in [5, 5.41) is 11.6. The minimum absolute atomic E-state index is 0.133. The van der Waals surface area contributed by atoms with Crippen LogP contribution in [-0.4, -0.2) is 6.54 Å². The highest BCUT2D eigenvalue weighted by atomic mass is 19.2. The van der Waals surface area contributed by atoms with Crippen molar-refractivity contribution in [3.05, 3.63) is 29.8 Å². The molecule has 0 unspecified atom stereocenters. The van der Waals surface area contributed by atoms with Crippen LogP contribution >= 0.6 is 0 Å². The van der Waals surface area contributed by atoms with Crippen molar-refractivity contribution in [1.29, 1.82) is 5.26 Å². The first kappa shape index (κ1) is 12.4. The van der Waals surface area contributed by atoms with E-state index < -0.39 is 17.0 Å². The second-order valence-electron chi connectivity index (χ2n) is 4.27. The predicted octanol–water partition coefficient (Wildman–Crippen LogP) is 3.32. The lowest BCUT2D eigenvalue weighted by Gasteiger charge is -2.15. The van der Waals surface area contributed by atoms with E-state index in [2.05, 4.69) is 11.4 Å². The van der Waals surface area contributed by atoms with Gasteiger partial charge < -0.3 is 5.32 Å². The smallest absolute Gasteiger partial charge is 0.181 e. The van der Waals surface area contributed by atoms with Gasteiger partial charge in [-0.25, -0.2) is 8.78 Å². The Balaban J connectivity index is 2.57. The van der Waals surface area contributed by atoms with E-state index in [1.165, 1.54) is 12.1 Å². The van der Waals surface area contributed by atoms with Crippen molar-refractivity contribution in [3.63, 3.8) is 0 Å². The number of benzene rings is 1. The average Bonchev–Trinajstić information content (AvgIpc) is 2.24. The molecule has 0 amide bonds. The van der Waals surface area contributed by atoms with Crippen LogP contribution in [-0.2, 0) is 0 Å². The fourth-order valence-corrected chi connectivity index (χ4v) is 1.21. The van der Waals surface area contributed by atoms with Gasteiger partial charge in [0.2, 0.25) is 0 Å². The Morgan fingerprint density at radius 2 is 2.06 bits per heavy atom. The molecule has 2 nitrogen and oxygen atoms in total. The van der Waals surface area contributed by atoms with Crippen LogP contribution in [0.1, 0.15) is 20.3 Å². The SMILES string of the molecule is CC(C)(C#N)CCNc1cccc(F)c1F. The molecule has 86 valence electrons. The number of anilines is 1. The van der Waals surface area contributed by atoms with E-state index in [0.717, 1.165) is 6.07 Å². The van der Waals surface area contributed by atoms with E-state index in [9.17, 15) is 8.78 Å². The molecule has 0 fully saturated rings. The molecule has 0 aliphatic carbocycles. The Hall–Kier alpha value is -1.63. The van der Waals surface area contributed by atoms with E-state index in [0.29, 0.717) is 13.0 Å². The number of halogens is 2. The second-order valence-corrected chi connectivity index (χ2v) is 4.27. The summed E-state index contributed by atoms with van der Waals surface area (Å²) in [6, 6.07) is 6.13. The first-order chi connectivity index (χ1) is 7.46. The molecule has 0 atom stereocenters. The van der Waals surface area contributed by atoms with Crippen LogP contribution in [0.4, 0.5) is 14.5 Å².